The summed E-state index contributed by atoms with van der Waals surface area (Å²) in [6, 6.07) is 5.48. The summed E-state index contributed by atoms with van der Waals surface area (Å²) in [4.78, 5) is 11.4. The number of nitrogens with one attached hydrogen (secondary N) is 1. The van der Waals surface area contributed by atoms with E-state index < -0.39 is 0 Å². The first-order valence-corrected chi connectivity index (χ1v) is 5.36. The molecule has 3 rings (SSSR count). The monoisotopic (exact) mass is 228 g/mol. The SMILES string of the molecule is Cc1nc2ccc(C(N)c3ncc[nH]3)cc2o1. The molecule has 0 saturated carbocycles. The zero-order chi connectivity index (χ0) is 11.8. The molecule has 0 aliphatic heterocycles. The van der Waals surface area contributed by atoms with Crippen LogP contribution in [0, 0.1) is 6.92 Å². The van der Waals surface area contributed by atoms with Crippen molar-refractivity contribution in [2.75, 3.05) is 0 Å². The van der Waals surface area contributed by atoms with Crippen LogP contribution in [-0.2, 0) is 0 Å². The lowest BCUT2D eigenvalue weighted by Gasteiger charge is -2.08. The number of nitrogens with zero attached hydrogens (tertiary/aromatic N) is 2. The number of oxazole rings is 1. The fraction of sp³-hybridized carbons (Fsp3) is 0.167. The Kier molecular flexibility index (Phi) is 2.19. The molecule has 5 heteroatoms. The Morgan fingerprint density at radius 1 is 1.41 bits per heavy atom. The van der Waals surface area contributed by atoms with Crippen molar-refractivity contribution in [1.82, 2.24) is 15.0 Å². The molecule has 1 aromatic carbocycles. The molecule has 0 saturated heterocycles. The number of hydrogen-bond donors (Lipinski definition) is 2. The van der Waals surface area contributed by atoms with Crippen molar-refractivity contribution in [2.24, 2.45) is 5.73 Å². The number of rotatable bonds is 2. The highest BCUT2D eigenvalue weighted by Crippen LogP contribution is 2.22. The van der Waals surface area contributed by atoms with Gasteiger partial charge in [-0.05, 0) is 17.7 Å². The van der Waals surface area contributed by atoms with Gasteiger partial charge in [0.2, 0.25) is 0 Å². The molecule has 5 nitrogen and oxygen atoms in total. The maximum absolute atomic E-state index is 6.10. The molecule has 17 heavy (non-hydrogen) atoms. The Bertz CT molecular complexity index is 642. The molecule has 1 atom stereocenters. The van der Waals surface area contributed by atoms with Gasteiger partial charge in [-0.15, -0.1) is 0 Å². The molecule has 0 aliphatic carbocycles. The fourth-order valence-electron chi connectivity index (χ4n) is 1.86. The highest BCUT2D eigenvalue weighted by atomic mass is 16.3. The maximum atomic E-state index is 6.10. The molecule has 3 aromatic rings. The number of benzene rings is 1. The first-order chi connectivity index (χ1) is 8.24. The lowest BCUT2D eigenvalue weighted by atomic mass is 10.1. The van der Waals surface area contributed by atoms with Crippen LogP contribution >= 0.6 is 0 Å². The molecule has 0 amide bonds. The maximum Gasteiger partial charge on any atom is 0.192 e. The van der Waals surface area contributed by atoms with Gasteiger partial charge in [-0.2, -0.15) is 0 Å². The van der Waals surface area contributed by atoms with E-state index in [4.69, 9.17) is 10.2 Å². The van der Waals surface area contributed by atoms with Crippen LogP contribution in [0.1, 0.15) is 23.3 Å². The van der Waals surface area contributed by atoms with Gasteiger partial charge < -0.3 is 15.1 Å². The number of imidazole rings is 1. The minimum absolute atomic E-state index is 0.278. The molecule has 2 aromatic heterocycles. The van der Waals surface area contributed by atoms with Crippen molar-refractivity contribution in [3.63, 3.8) is 0 Å². The number of hydrogen-bond acceptors (Lipinski definition) is 4. The zero-order valence-electron chi connectivity index (χ0n) is 9.34. The molecule has 0 spiro atoms. The molecule has 0 aliphatic rings. The van der Waals surface area contributed by atoms with Gasteiger partial charge >= 0.3 is 0 Å². The number of aromatic amines is 1. The van der Waals surface area contributed by atoms with E-state index in [1.54, 1.807) is 12.4 Å². The first-order valence-electron chi connectivity index (χ1n) is 5.36. The number of nitrogens with two attached hydrogens (primary N) is 1. The zero-order valence-corrected chi connectivity index (χ0v) is 9.34. The Balaban J connectivity index is 2.05. The standard InChI is InChI=1S/C12H12N4O/c1-7-16-9-3-2-8(6-10(9)17-7)11(13)12-14-4-5-15-12/h2-6,11H,13H2,1H3,(H,14,15). The van der Waals surface area contributed by atoms with E-state index >= 15 is 0 Å². The van der Waals surface area contributed by atoms with Crippen molar-refractivity contribution in [3.05, 3.63) is 47.9 Å². The Labute approximate surface area is 97.7 Å². The van der Waals surface area contributed by atoms with E-state index in [-0.39, 0.29) is 6.04 Å². The van der Waals surface area contributed by atoms with Crippen molar-refractivity contribution in [1.29, 1.82) is 0 Å². The van der Waals surface area contributed by atoms with Crippen LogP contribution in [0.4, 0.5) is 0 Å². The summed E-state index contributed by atoms with van der Waals surface area (Å²) in [6.45, 7) is 1.83. The third-order valence-corrected chi connectivity index (χ3v) is 2.69. The van der Waals surface area contributed by atoms with Crippen LogP contribution in [0.25, 0.3) is 11.1 Å². The third-order valence-electron chi connectivity index (χ3n) is 2.69. The topological polar surface area (TPSA) is 80.7 Å². The summed E-state index contributed by atoms with van der Waals surface area (Å²) < 4.78 is 5.48. The van der Waals surface area contributed by atoms with Crippen molar-refractivity contribution in [2.45, 2.75) is 13.0 Å². The van der Waals surface area contributed by atoms with Crippen molar-refractivity contribution >= 4 is 11.1 Å². The lowest BCUT2D eigenvalue weighted by molar-refractivity contribution is 0.560. The van der Waals surface area contributed by atoms with Crippen molar-refractivity contribution < 1.29 is 4.42 Å². The van der Waals surface area contributed by atoms with Crippen LogP contribution < -0.4 is 5.73 Å². The average Bonchev–Trinajstić information content (AvgIpc) is 2.94. The van der Waals surface area contributed by atoms with E-state index in [1.165, 1.54) is 0 Å². The summed E-state index contributed by atoms with van der Waals surface area (Å²) in [5.74, 6) is 1.39. The largest absolute Gasteiger partial charge is 0.441 e. The predicted octanol–water partition coefficient (Wildman–Crippen LogP) is 1.91. The van der Waals surface area contributed by atoms with Gasteiger partial charge in [0.25, 0.3) is 0 Å². The molecule has 0 bridgehead atoms. The molecule has 0 fully saturated rings. The van der Waals surface area contributed by atoms with E-state index in [2.05, 4.69) is 15.0 Å². The summed E-state index contributed by atoms with van der Waals surface area (Å²) in [5.41, 5.74) is 8.65. The molecule has 86 valence electrons. The lowest BCUT2D eigenvalue weighted by Crippen LogP contribution is -2.13. The fourth-order valence-corrected chi connectivity index (χ4v) is 1.86. The van der Waals surface area contributed by atoms with Crippen LogP contribution in [0.5, 0.6) is 0 Å². The van der Waals surface area contributed by atoms with E-state index in [9.17, 15) is 0 Å². The second-order valence-corrected chi connectivity index (χ2v) is 3.91. The predicted molar refractivity (Wildman–Crippen MR) is 63.4 cm³/mol. The van der Waals surface area contributed by atoms with Gasteiger partial charge in [-0.1, -0.05) is 6.07 Å². The molecular formula is C12H12N4O. The molecule has 2 heterocycles. The highest BCUT2D eigenvalue weighted by Gasteiger charge is 2.13. The second kappa shape index (κ2) is 3.71. The Hall–Kier alpha value is -2.14. The Morgan fingerprint density at radius 3 is 3.06 bits per heavy atom. The Morgan fingerprint density at radius 2 is 2.29 bits per heavy atom. The van der Waals surface area contributed by atoms with Crippen molar-refractivity contribution in [3.8, 4) is 0 Å². The minimum atomic E-state index is -0.278. The first kappa shape index (κ1) is 10.0. The van der Waals surface area contributed by atoms with Gasteiger partial charge in [0, 0.05) is 19.3 Å². The summed E-state index contributed by atoms with van der Waals surface area (Å²) >= 11 is 0. The molecule has 3 N–H and O–H groups in total. The van der Waals surface area contributed by atoms with E-state index in [0.717, 1.165) is 22.5 Å². The highest BCUT2D eigenvalue weighted by molar-refractivity contribution is 5.73. The van der Waals surface area contributed by atoms with Gasteiger partial charge in [0.1, 0.15) is 11.3 Å². The summed E-state index contributed by atoms with van der Waals surface area (Å²) in [6.07, 6.45) is 3.44. The molecular weight excluding hydrogens is 216 g/mol. The number of fused-ring (bicyclic) bond motifs is 1. The van der Waals surface area contributed by atoms with Gasteiger partial charge in [-0.3, -0.25) is 0 Å². The quantitative estimate of drug-likeness (QED) is 0.702. The number of aryl methyl sites for hydroxylation is 1. The smallest absolute Gasteiger partial charge is 0.192 e. The minimum Gasteiger partial charge on any atom is -0.441 e. The van der Waals surface area contributed by atoms with E-state index in [1.807, 2.05) is 25.1 Å². The van der Waals surface area contributed by atoms with Gasteiger partial charge in [-0.25, -0.2) is 9.97 Å². The second-order valence-electron chi connectivity index (χ2n) is 3.91. The number of H-pyrrole nitrogens is 1. The van der Waals surface area contributed by atoms with Crippen LogP contribution in [-0.4, -0.2) is 15.0 Å². The third kappa shape index (κ3) is 1.70. The summed E-state index contributed by atoms with van der Waals surface area (Å²) in [7, 11) is 0. The number of aromatic nitrogens is 3. The van der Waals surface area contributed by atoms with Gasteiger partial charge in [0.05, 0.1) is 6.04 Å². The van der Waals surface area contributed by atoms with Crippen LogP contribution in [0.3, 0.4) is 0 Å². The van der Waals surface area contributed by atoms with E-state index in [0.29, 0.717) is 5.89 Å². The normalized spacial score (nSPS) is 13.1. The summed E-state index contributed by atoms with van der Waals surface area (Å²) in [5, 5.41) is 0. The molecule has 1 unspecified atom stereocenters. The van der Waals surface area contributed by atoms with Crippen LogP contribution in [0.15, 0.2) is 35.0 Å². The average molecular weight is 228 g/mol. The van der Waals surface area contributed by atoms with Crippen LogP contribution in [0.2, 0.25) is 0 Å². The molecule has 0 radical (unpaired) electrons. The van der Waals surface area contributed by atoms with Gasteiger partial charge in [0.15, 0.2) is 11.5 Å².